The maximum Gasteiger partial charge on any atom is 0.319 e. The Morgan fingerprint density at radius 3 is 2.72 bits per heavy atom. The van der Waals surface area contributed by atoms with Crippen LogP contribution in [0, 0.1) is 17.1 Å². The zero-order chi connectivity index (χ0) is 32.6. The summed E-state index contributed by atoms with van der Waals surface area (Å²) in [5, 5.41) is 14.2. The largest absolute Gasteiger partial charge is 0.461 e. The molecule has 1 atom stereocenters. The number of piperazine rings is 1. The summed E-state index contributed by atoms with van der Waals surface area (Å²) in [6.07, 6.45) is 3.29. The first-order valence-corrected chi connectivity index (χ1v) is 16.8. The number of nitrogens with zero attached hydrogens (tertiary/aromatic N) is 5. The molecule has 46 heavy (non-hydrogen) atoms. The number of nitriles is 1. The SMILES string of the molecule is CC.N#Cc1c(N)sc2cccc(-c3c(Cl)cc4c(N5CCNC(C=C(F)F)C5)nc(OCC56CCCN5CCC6)nc4c3F)c12. The highest BCUT2D eigenvalue weighted by atomic mass is 35.5. The number of nitrogen functional groups attached to an aromatic ring is 1. The number of ether oxygens (including phenoxy) is 1. The first-order valence-electron chi connectivity index (χ1n) is 15.6. The topological polar surface area (TPSA) is 103 Å². The van der Waals surface area contributed by atoms with Crippen molar-refractivity contribution in [2.24, 2.45) is 0 Å². The number of nitrogens with two attached hydrogens (primary N) is 1. The van der Waals surface area contributed by atoms with E-state index in [4.69, 9.17) is 27.1 Å². The second kappa shape index (κ2) is 13.2. The zero-order valence-electron chi connectivity index (χ0n) is 25.7. The highest BCUT2D eigenvalue weighted by molar-refractivity contribution is 7.23. The van der Waals surface area contributed by atoms with Crippen LogP contribution < -0.4 is 20.7 Å². The minimum Gasteiger partial charge on any atom is -0.461 e. The molecule has 4 aromatic rings. The lowest BCUT2D eigenvalue weighted by molar-refractivity contribution is 0.108. The standard InChI is InChI=1S/C31H29ClF3N7OS.C2H6/c32-21-13-19-27(26(35)25(21)18-4-1-5-22-24(18)20(14-36)28(37)44-22)39-30(43-16-31-6-2-9-42(31)10-3-7-31)40-29(19)41-11-8-38-17(15-41)12-23(33)34;1-2/h1,4-5,12-13,17,38H,2-3,6-11,15-16,37H2;1-2H3. The van der Waals surface area contributed by atoms with Gasteiger partial charge in [-0.1, -0.05) is 37.6 Å². The lowest BCUT2D eigenvalue weighted by Gasteiger charge is -2.34. The summed E-state index contributed by atoms with van der Waals surface area (Å²) in [5.74, 6) is -0.329. The molecule has 0 amide bonds. The quantitative estimate of drug-likeness (QED) is 0.220. The molecule has 8 nitrogen and oxygen atoms in total. The number of rotatable bonds is 6. The van der Waals surface area contributed by atoms with Gasteiger partial charge in [0, 0.05) is 46.7 Å². The number of fused-ring (bicyclic) bond motifs is 3. The predicted octanol–water partition coefficient (Wildman–Crippen LogP) is 7.35. The summed E-state index contributed by atoms with van der Waals surface area (Å²) < 4.78 is 50.1. The van der Waals surface area contributed by atoms with Crippen LogP contribution in [0.5, 0.6) is 6.01 Å². The predicted molar refractivity (Wildman–Crippen MR) is 178 cm³/mol. The number of benzene rings is 2. The Hall–Kier alpha value is -3.63. The molecule has 242 valence electrons. The summed E-state index contributed by atoms with van der Waals surface area (Å²) >= 11 is 8.07. The van der Waals surface area contributed by atoms with Crippen molar-refractivity contribution in [1.29, 1.82) is 5.26 Å². The second-order valence-electron chi connectivity index (χ2n) is 11.6. The molecular formula is C33H35ClF3N7OS. The molecule has 0 spiro atoms. The van der Waals surface area contributed by atoms with Crippen LogP contribution in [0.4, 0.5) is 24.0 Å². The van der Waals surface area contributed by atoms with Crippen molar-refractivity contribution < 1.29 is 17.9 Å². The Balaban J connectivity index is 0.00000182. The number of aromatic nitrogens is 2. The van der Waals surface area contributed by atoms with E-state index in [1.807, 2.05) is 24.8 Å². The number of thiophene rings is 1. The summed E-state index contributed by atoms with van der Waals surface area (Å²) in [6.45, 7) is 7.46. The zero-order valence-corrected chi connectivity index (χ0v) is 27.2. The normalized spacial score (nSPS) is 19.1. The van der Waals surface area contributed by atoms with Gasteiger partial charge in [-0.25, -0.2) is 4.39 Å². The highest BCUT2D eigenvalue weighted by Crippen LogP contribution is 2.45. The fraction of sp³-hybridized carbons (Fsp3) is 0.424. The summed E-state index contributed by atoms with van der Waals surface area (Å²) in [5.41, 5.74) is 6.82. The van der Waals surface area contributed by atoms with Crippen molar-refractivity contribution in [1.82, 2.24) is 20.2 Å². The minimum absolute atomic E-state index is 0.00221. The fourth-order valence-electron chi connectivity index (χ4n) is 7.09. The Morgan fingerprint density at radius 1 is 1.24 bits per heavy atom. The van der Waals surface area contributed by atoms with Gasteiger partial charge in [0.2, 0.25) is 0 Å². The second-order valence-corrected chi connectivity index (χ2v) is 13.1. The first kappa shape index (κ1) is 32.3. The van der Waals surface area contributed by atoms with Gasteiger partial charge < -0.3 is 20.7 Å². The highest BCUT2D eigenvalue weighted by Gasteiger charge is 2.45. The van der Waals surface area contributed by atoms with Gasteiger partial charge in [-0.05, 0) is 62.5 Å². The van der Waals surface area contributed by atoms with Crippen LogP contribution in [0.25, 0.3) is 32.1 Å². The van der Waals surface area contributed by atoms with Crippen molar-refractivity contribution in [3.63, 3.8) is 0 Å². The Labute approximate surface area is 274 Å². The number of hydrogen-bond acceptors (Lipinski definition) is 9. The monoisotopic (exact) mass is 669 g/mol. The molecular weight excluding hydrogens is 635 g/mol. The molecule has 3 fully saturated rings. The van der Waals surface area contributed by atoms with Gasteiger partial charge in [0.05, 0.1) is 16.1 Å². The van der Waals surface area contributed by atoms with Crippen molar-refractivity contribution in [2.45, 2.75) is 51.1 Å². The van der Waals surface area contributed by atoms with Crippen LogP contribution in [0.15, 0.2) is 36.4 Å². The van der Waals surface area contributed by atoms with Crippen LogP contribution in [-0.2, 0) is 0 Å². The third-order valence-electron chi connectivity index (χ3n) is 9.08. The molecule has 5 heterocycles. The molecule has 2 aromatic carbocycles. The third-order valence-corrected chi connectivity index (χ3v) is 10.4. The smallest absolute Gasteiger partial charge is 0.319 e. The van der Waals surface area contributed by atoms with Crippen molar-refractivity contribution in [3.8, 4) is 23.2 Å². The lowest BCUT2D eigenvalue weighted by atomic mass is 9.95. The van der Waals surface area contributed by atoms with Crippen LogP contribution in [-0.4, -0.2) is 65.8 Å². The average molecular weight is 670 g/mol. The maximum absolute atomic E-state index is 16.8. The number of anilines is 2. The maximum atomic E-state index is 16.8. The molecule has 7 rings (SSSR count). The van der Waals surface area contributed by atoms with Crippen molar-refractivity contribution >= 4 is 54.7 Å². The van der Waals surface area contributed by atoms with E-state index in [1.165, 1.54) is 11.3 Å². The van der Waals surface area contributed by atoms with E-state index < -0.39 is 17.9 Å². The minimum atomic E-state index is -1.78. The molecule has 3 aliphatic rings. The lowest BCUT2D eigenvalue weighted by Crippen LogP contribution is -2.50. The Kier molecular flexibility index (Phi) is 9.30. The summed E-state index contributed by atoms with van der Waals surface area (Å²) in [6, 6.07) is 8.43. The Morgan fingerprint density at radius 2 is 2.00 bits per heavy atom. The van der Waals surface area contributed by atoms with Crippen LogP contribution in [0.2, 0.25) is 5.02 Å². The van der Waals surface area contributed by atoms with E-state index in [1.54, 1.807) is 18.2 Å². The van der Waals surface area contributed by atoms with Crippen molar-refractivity contribution in [2.75, 3.05) is 50.0 Å². The third kappa shape index (κ3) is 5.74. The molecule has 3 aliphatic heterocycles. The van der Waals surface area contributed by atoms with E-state index in [0.717, 1.165) is 49.5 Å². The average Bonchev–Trinajstić information content (AvgIpc) is 3.73. The number of halogens is 4. The van der Waals surface area contributed by atoms with Gasteiger partial charge in [-0.2, -0.15) is 24.0 Å². The van der Waals surface area contributed by atoms with E-state index in [0.29, 0.717) is 46.9 Å². The van der Waals surface area contributed by atoms with E-state index in [9.17, 15) is 14.0 Å². The molecule has 0 radical (unpaired) electrons. The van der Waals surface area contributed by atoms with Crippen LogP contribution >= 0.6 is 22.9 Å². The molecule has 3 N–H and O–H groups in total. The van der Waals surface area contributed by atoms with Gasteiger partial charge in [0.1, 0.15) is 29.0 Å². The number of hydrogen-bond donors (Lipinski definition) is 2. The van der Waals surface area contributed by atoms with E-state index in [-0.39, 0.29) is 39.8 Å². The molecule has 1 unspecified atom stereocenters. The van der Waals surface area contributed by atoms with Crippen LogP contribution in [0.3, 0.4) is 0 Å². The molecule has 13 heteroatoms. The molecule has 0 bridgehead atoms. The molecule has 0 saturated carbocycles. The van der Waals surface area contributed by atoms with Crippen LogP contribution in [0.1, 0.15) is 45.1 Å². The summed E-state index contributed by atoms with van der Waals surface area (Å²) in [7, 11) is 0. The molecule has 3 saturated heterocycles. The number of nitrogens with one attached hydrogen (secondary N) is 1. The van der Waals surface area contributed by atoms with Gasteiger partial charge in [-0.15, -0.1) is 11.3 Å². The van der Waals surface area contributed by atoms with E-state index in [2.05, 4.69) is 21.3 Å². The van der Waals surface area contributed by atoms with Crippen molar-refractivity contribution in [3.05, 3.63) is 52.8 Å². The Bertz CT molecular complexity index is 1850. The van der Waals surface area contributed by atoms with Gasteiger partial charge in [0.25, 0.3) is 6.08 Å². The molecule has 2 aromatic heterocycles. The van der Waals surface area contributed by atoms with Gasteiger partial charge in [-0.3, -0.25) is 4.90 Å². The van der Waals surface area contributed by atoms with E-state index >= 15 is 4.39 Å². The first-order chi connectivity index (χ1) is 22.3. The van der Waals surface area contributed by atoms with Gasteiger partial charge >= 0.3 is 6.01 Å². The fourth-order valence-corrected chi connectivity index (χ4v) is 8.33. The molecule has 0 aliphatic carbocycles. The van der Waals surface area contributed by atoms with Gasteiger partial charge in [0.15, 0.2) is 5.82 Å². The summed E-state index contributed by atoms with van der Waals surface area (Å²) in [4.78, 5) is 13.6.